The van der Waals surface area contributed by atoms with E-state index in [4.69, 9.17) is 14.2 Å². The minimum Gasteiger partial charge on any atom is -0.462 e. The normalized spacial score (nSPS) is 12.9. The fourth-order valence-corrected chi connectivity index (χ4v) is 7.76. The van der Waals surface area contributed by atoms with Gasteiger partial charge in [0, 0.05) is 19.3 Å². The second-order valence-electron chi connectivity index (χ2n) is 18.8. The molecule has 1 atom stereocenters. The summed E-state index contributed by atoms with van der Waals surface area (Å²) in [7, 11) is 0. The molecular weight excluding hydrogens is 865 g/mol. The van der Waals surface area contributed by atoms with Crippen molar-refractivity contribution in [1.82, 2.24) is 0 Å². The zero-order valence-electron chi connectivity index (χ0n) is 45.5. The van der Waals surface area contributed by atoms with Crippen LogP contribution in [-0.4, -0.2) is 37.2 Å². The summed E-state index contributed by atoms with van der Waals surface area (Å²) in [6.07, 6.45) is 78.0. The first-order valence-corrected chi connectivity index (χ1v) is 28.9. The highest BCUT2D eigenvalue weighted by Gasteiger charge is 2.19. The van der Waals surface area contributed by atoms with Crippen LogP contribution in [0.25, 0.3) is 0 Å². The summed E-state index contributed by atoms with van der Waals surface area (Å²) in [4.78, 5) is 38.2. The predicted octanol–water partition coefficient (Wildman–Crippen LogP) is 19.5. The fourth-order valence-electron chi connectivity index (χ4n) is 7.76. The fraction of sp³-hybridized carbons (Fsp3) is 0.672. The zero-order valence-corrected chi connectivity index (χ0v) is 45.5. The first kappa shape index (κ1) is 66.1. The van der Waals surface area contributed by atoms with Gasteiger partial charge in [0.1, 0.15) is 13.2 Å². The Hall–Kier alpha value is -3.93. The van der Waals surface area contributed by atoms with Gasteiger partial charge in [0.25, 0.3) is 0 Å². The standard InChI is InChI=1S/C64H106O6/c1-4-7-10-13-16-19-22-25-28-31-34-36-39-42-45-48-51-54-57-63(66)69-60-61(70-64(67)58-55-52-49-46-43-40-37-33-30-27-24-21-18-15-12-9-6-3)59-68-62(65)56-53-50-47-44-41-38-35-32-29-26-23-20-17-14-11-8-5-2/h8-9,11-12,17-18,20-21,26-27,29-30,35,37-38,40,46,49,61H,4-7,10,13-16,19,22-25,28,31-34,36,39,41-45,47-48,50-60H2,1-3H3/b11-8-,12-9-,20-17-,21-18-,29-26-,30-27-,38-35-,40-37-,49-46-. The topological polar surface area (TPSA) is 78.9 Å². The van der Waals surface area contributed by atoms with E-state index in [1.54, 1.807) is 0 Å². The average Bonchev–Trinajstić information content (AvgIpc) is 3.36. The molecule has 0 bridgehead atoms. The van der Waals surface area contributed by atoms with E-state index in [0.717, 1.165) is 116 Å². The molecule has 70 heavy (non-hydrogen) atoms. The van der Waals surface area contributed by atoms with E-state index >= 15 is 0 Å². The van der Waals surface area contributed by atoms with Crippen LogP contribution in [0.2, 0.25) is 0 Å². The van der Waals surface area contributed by atoms with Crippen LogP contribution in [-0.2, 0) is 28.6 Å². The third kappa shape index (κ3) is 55.0. The maximum absolute atomic E-state index is 12.8. The Kier molecular flexibility index (Phi) is 54.4. The van der Waals surface area contributed by atoms with Gasteiger partial charge in [-0.1, -0.05) is 252 Å². The molecule has 0 saturated heterocycles. The number of ether oxygens (including phenoxy) is 3. The monoisotopic (exact) mass is 971 g/mol. The highest BCUT2D eigenvalue weighted by atomic mass is 16.6. The van der Waals surface area contributed by atoms with Gasteiger partial charge in [-0.3, -0.25) is 14.4 Å². The third-order valence-electron chi connectivity index (χ3n) is 12.0. The smallest absolute Gasteiger partial charge is 0.306 e. The number of carbonyl (C=O) groups excluding carboxylic acids is 3. The Labute approximate surface area is 431 Å². The summed E-state index contributed by atoms with van der Waals surface area (Å²) < 4.78 is 16.8. The van der Waals surface area contributed by atoms with Crippen molar-refractivity contribution in [3.05, 3.63) is 109 Å². The molecule has 0 aliphatic rings. The summed E-state index contributed by atoms with van der Waals surface area (Å²) in [5.41, 5.74) is 0. The van der Waals surface area contributed by atoms with E-state index in [2.05, 4.69) is 130 Å². The van der Waals surface area contributed by atoms with Gasteiger partial charge in [0.2, 0.25) is 0 Å². The Morgan fingerprint density at radius 2 is 0.571 bits per heavy atom. The number of rotatable bonds is 51. The zero-order chi connectivity index (χ0) is 50.7. The van der Waals surface area contributed by atoms with Crippen LogP contribution in [0.3, 0.4) is 0 Å². The van der Waals surface area contributed by atoms with Gasteiger partial charge in [0.05, 0.1) is 0 Å². The molecular formula is C64H106O6. The van der Waals surface area contributed by atoms with Gasteiger partial charge >= 0.3 is 17.9 Å². The summed E-state index contributed by atoms with van der Waals surface area (Å²) in [6, 6.07) is 0. The minimum absolute atomic E-state index is 0.108. The second-order valence-corrected chi connectivity index (χ2v) is 18.8. The predicted molar refractivity (Wildman–Crippen MR) is 302 cm³/mol. The SMILES string of the molecule is CC/C=C\C/C=C\C/C=C\C/C=C\C/C=C\CCCC(=O)OC(COC(=O)CCCCCC/C=C\C/C=C\C/C=C\C/C=C\CC)COC(=O)CCCCCCCCCCCCCCCCCCCC. The van der Waals surface area contributed by atoms with Crippen LogP contribution >= 0.6 is 0 Å². The van der Waals surface area contributed by atoms with Crippen LogP contribution < -0.4 is 0 Å². The molecule has 0 rings (SSSR count). The molecule has 398 valence electrons. The Bertz CT molecular complexity index is 1440. The lowest BCUT2D eigenvalue weighted by atomic mass is 10.0. The van der Waals surface area contributed by atoms with E-state index in [9.17, 15) is 14.4 Å². The summed E-state index contributed by atoms with van der Waals surface area (Å²) in [5, 5.41) is 0. The molecule has 0 radical (unpaired) electrons. The molecule has 0 amide bonds. The number of hydrogen-bond donors (Lipinski definition) is 0. The van der Waals surface area contributed by atoms with E-state index in [-0.39, 0.29) is 37.5 Å². The van der Waals surface area contributed by atoms with Gasteiger partial charge in [-0.2, -0.15) is 0 Å². The van der Waals surface area contributed by atoms with E-state index in [1.807, 2.05) is 0 Å². The first-order valence-electron chi connectivity index (χ1n) is 28.9. The highest BCUT2D eigenvalue weighted by Crippen LogP contribution is 2.16. The lowest BCUT2D eigenvalue weighted by Gasteiger charge is -2.18. The molecule has 0 aliphatic heterocycles. The van der Waals surface area contributed by atoms with Crippen LogP contribution in [0.15, 0.2) is 109 Å². The Morgan fingerprint density at radius 3 is 0.914 bits per heavy atom. The van der Waals surface area contributed by atoms with E-state index in [0.29, 0.717) is 19.3 Å². The lowest BCUT2D eigenvalue weighted by Crippen LogP contribution is -2.30. The molecule has 1 unspecified atom stereocenters. The summed E-state index contributed by atoms with van der Waals surface area (Å²) in [6.45, 7) is 6.36. The van der Waals surface area contributed by atoms with Crippen molar-refractivity contribution >= 4 is 17.9 Å². The number of carbonyl (C=O) groups is 3. The molecule has 0 aromatic carbocycles. The quantitative estimate of drug-likeness (QED) is 0.0262. The van der Waals surface area contributed by atoms with Crippen molar-refractivity contribution in [1.29, 1.82) is 0 Å². The summed E-state index contributed by atoms with van der Waals surface area (Å²) in [5.74, 6) is -0.989. The van der Waals surface area contributed by atoms with Crippen LogP contribution in [0.4, 0.5) is 0 Å². The van der Waals surface area contributed by atoms with Crippen LogP contribution in [0, 0.1) is 0 Å². The van der Waals surface area contributed by atoms with Crippen LogP contribution in [0.5, 0.6) is 0 Å². The number of esters is 3. The molecule has 0 aromatic heterocycles. The van der Waals surface area contributed by atoms with Crippen molar-refractivity contribution in [3.8, 4) is 0 Å². The molecule has 0 aromatic rings. The number of allylic oxidation sites excluding steroid dienone is 18. The largest absolute Gasteiger partial charge is 0.462 e. The van der Waals surface area contributed by atoms with Crippen molar-refractivity contribution in [2.24, 2.45) is 0 Å². The minimum atomic E-state index is -0.819. The second kappa shape index (κ2) is 57.6. The molecule has 0 fully saturated rings. The summed E-state index contributed by atoms with van der Waals surface area (Å²) >= 11 is 0. The molecule has 6 nitrogen and oxygen atoms in total. The number of unbranched alkanes of at least 4 members (excludes halogenated alkanes) is 22. The van der Waals surface area contributed by atoms with Crippen LogP contribution in [0.1, 0.15) is 258 Å². The van der Waals surface area contributed by atoms with Crippen molar-refractivity contribution < 1.29 is 28.6 Å². The average molecular weight is 972 g/mol. The van der Waals surface area contributed by atoms with Gasteiger partial charge in [0.15, 0.2) is 6.10 Å². The first-order chi connectivity index (χ1) is 34.5. The molecule has 0 aliphatic carbocycles. The molecule has 0 N–H and O–H groups in total. The van der Waals surface area contributed by atoms with Gasteiger partial charge in [-0.25, -0.2) is 0 Å². The van der Waals surface area contributed by atoms with Crippen molar-refractivity contribution in [2.45, 2.75) is 264 Å². The Morgan fingerprint density at radius 1 is 0.300 bits per heavy atom. The molecule has 0 spiro atoms. The highest BCUT2D eigenvalue weighted by molar-refractivity contribution is 5.71. The molecule has 0 saturated carbocycles. The lowest BCUT2D eigenvalue weighted by molar-refractivity contribution is -0.167. The van der Waals surface area contributed by atoms with E-state index < -0.39 is 6.10 Å². The van der Waals surface area contributed by atoms with E-state index in [1.165, 1.54) is 96.3 Å². The molecule has 6 heteroatoms. The van der Waals surface area contributed by atoms with Crippen molar-refractivity contribution in [3.63, 3.8) is 0 Å². The third-order valence-corrected chi connectivity index (χ3v) is 12.0. The van der Waals surface area contributed by atoms with Gasteiger partial charge in [-0.05, 0) is 96.3 Å². The van der Waals surface area contributed by atoms with Crippen molar-refractivity contribution in [2.75, 3.05) is 13.2 Å². The maximum atomic E-state index is 12.8. The Balaban J connectivity index is 4.50. The van der Waals surface area contributed by atoms with Gasteiger partial charge < -0.3 is 14.2 Å². The van der Waals surface area contributed by atoms with Gasteiger partial charge in [-0.15, -0.1) is 0 Å². The molecule has 0 heterocycles. The number of hydrogen-bond acceptors (Lipinski definition) is 6. The maximum Gasteiger partial charge on any atom is 0.306 e.